The molecule has 2 unspecified atom stereocenters. The standard InChI is InChI=1S/C11H19N.C2H6/c1-6-8-10(5)11(7-2)12-9(3)4;1-2/h6-8,10-11H,2H2,1,3-5H3;1-2H3/b8-6+;. The Morgan fingerprint density at radius 1 is 1.29 bits per heavy atom. The molecule has 0 aromatic rings. The van der Waals surface area contributed by atoms with Crippen LogP contribution < -0.4 is 0 Å². The Bertz CT molecular complexity index is 185. The van der Waals surface area contributed by atoms with E-state index < -0.39 is 0 Å². The first kappa shape index (κ1) is 15.6. The molecular formula is C13H25N. The molecule has 0 aromatic carbocycles. The SMILES string of the molecule is C=CC(N=C(C)C)C(C)/C=C/C.CC. The summed E-state index contributed by atoms with van der Waals surface area (Å²) >= 11 is 0. The van der Waals surface area contributed by atoms with Crippen molar-refractivity contribution in [2.45, 2.75) is 47.6 Å². The number of aliphatic imine (C=N–C) groups is 1. The van der Waals surface area contributed by atoms with Crippen LogP contribution in [0.5, 0.6) is 0 Å². The lowest BCUT2D eigenvalue weighted by atomic mass is 10.0. The highest BCUT2D eigenvalue weighted by molar-refractivity contribution is 5.79. The third-order valence-electron chi connectivity index (χ3n) is 1.68. The Balaban J connectivity index is 0. The van der Waals surface area contributed by atoms with Crippen LogP contribution in [0, 0.1) is 5.92 Å². The van der Waals surface area contributed by atoms with E-state index in [1.165, 1.54) is 0 Å². The van der Waals surface area contributed by atoms with Crippen LogP contribution in [0.1, 0.15) is 41.5 Å². The van der Waals surface area contributed by atoms with Crippen LogP contribution in [-0.4, -0.2) is 11.8 Å². The van der Waals surface area contributed by atoms with Crippen LogP contribution >= 0.6 is 0 Å². The van der Waals surface area contributed by atoms with Crippen molar-refractivity contribution >= 4 is 5.71 Å². The maximum absolute atomic E-state index is 4.46. The van der Waals surface area contributed by atoms with E-state index in [0.717, 1.165) is 5.71 Å². The summed E-state index contributed by atoms with van der Waals surface area (Å²) < 4.78 is 0. The molecule has 0 aliphatic carbocycles. The van der Waals surface area contributed by atoms with Crippen LogP contribution in [0.4, 0.5) is 0 Å². The van der Waals surface area contributed by atoms with Crippen LogP contribution in [-0.2, 0) is 0 Å². The normalized spacial score (nSPS) is 13.9. The predicted octanol–water partition coefficient (Wildman–Crippen LogP) is 4.26. The quantitative estimate of drug-likeness (QED) is 0.469. The van der Waals surface area contributed by atoms with Crippen LogP contribution in [0.2, 0.25) is 0 Å². The van der Waals surface area contributed by atoms with Gasteiger partial charge in [-0.05, 0) is 26.7 Å². The molecule has 0 spiro atoms. The molecule has 0 saturated carbocycles. The van der Waals surface area contributed by atoms with Crippen LogP contribution in [0.15, 0.2) is 29.8 Å². The molecule has 1 nitrogen and oxygen atoms in total. The van der Waals surface area contributed by atoms with Crippen molar-refractivity contribution < 1.29 is 0 Å². The Hall–Kier alpha value is -0.850. The van der Waals surface area contributed by atoms with Gasteiger partial charge in [0.05, 0.1) is 6.04 Å². The zero-order valence-corrected chi connectivity index (χ0v) is 10.5. The number of nitrogens with zero attached hydrogens (tertiary/aromatic N) is 1. The van der Waals surface area contributed by atoms with Crippen molar-refractivity contribution in [1.29, 1.82) is 0 Å². The van der Waals surface area contributed by atoms with Gasteiger partial charge in [-0.1, -0.05) is 39.0 Å². The molecule has 0 aromatic heterocycles. The largest absolute Gasteiger partial charge is 0.287 e. The summed E-state index contributed by atoms with van der Waals surface area (Å²) in [4.78, 5) is 4.46. The van der Waals surface area contributed by atoms with Gasteiger partial charge in [-0.15, -0.1) is 6.58 Å². The van der Waals surface area contributed by atoms with Crippen molar-refractivity contribution in [3.8, 4) is 0 Å². The summed E-state index contributed by atoms with van der Waals surface area (Å²) in [6, 6.07) is 0.228. The van der Waals surface area contributed by atoms with E-state index in [0.29, 0.717) is 5.92 Å². The average molecular weight is 195 g/mol. The fraction of sp³-hybridized carbons (Fsp3) is 0.615. The maximum Gasteiger partial charge on any atom is 0.0736 e. The summed E-state index contributed by atoms with van der Waals surface area (Å²) in [6.07, 6.45) is 6.11. The summed E-state index contributed by atoms with van der Waals surface area (Å²) in [5, 5.41) is 0. The molecule has 0 aliphatic heterocycles. The van der Waals surface area contributed by atoms with Crippen molar-refractivity contribution in [2.75, 3.05) is 0 Å². The fourth-order valence-electron chi connectivity index (χ4n) is 1.10. The molecule has 0 amide bonds. The smallest absolute Gasteiger partial charge is 0.0736 e. The second kappa shape index (κ2) is 10.2. The Labute approximate surface area is 89.6 Å². The molecule has 0 heterocycles. The summed E-state index contributed by atoms with van der Waals surface area (Å²) in [5.74, 6) is 0.447. The van der Waals surface area contributed by atoms with E-state index in [9.17, 15) is 0 Å². The lowest BCUT2D eigenvalue weighted by molar-refractivity contribution is 0.633. The van der Waals surface area contributed by atoms with Crippen molar-refractivity contribution in [1.82, 2.24) is 0 Å². The van der Waals surface area contributed by atoms with Gasteiger partial charge in [-0.2, -0.15) is 0 Å². The average Bonchev–Trinajstić information content (AvgIpc) is 2.17. The minimum absolute atomic E-state index is 0.228. The monoisotopic (exact) mass is 195 g/mol. The molecular weight excluding hydrogens is 170 g/mol. The minimum atomic E-state index is 0.228. The van der Waals surface area contributed by atoms with E-state index in [2.05, 4.69) is 30.6 Å². The van der Waals surface area contributed by atoms with Crippen molar-refractivity contribution in [3.63, 3.8) is 0 Å². The van der Waals surface area contributed by atoms with E-state index in [1.54, 1.807) is 0 Å². The van der Waals surface area contributed by atoms with Crippen molar-refractivity contribution in [2.24, 2.45) is 10.9 Å². The van der Waals surface area contributed by atoms with Gasteiger partial charge in [0.1, 0.15) is 0 Å². The molecule has 0 fully saturated rings. The first-order valence-electron chi connectivity index (χ1n) is 5.38. The highest BCUT2D eigenvalue weighted by Crippen LogP contribution is 2.10. The Kier molecular flexibility index (Phi) is 11.4. The number of hydrogen-bond acceptors (Lipinski definition) is 1. The summed E-state index contributed by atoms with van der Waals surface area (Å²) in [7, 11) is 0. The molecule has 0 saturated heterocycles. The molecule has 1 heteroatoms. The zero-order valence-electron chi connectivity index (χ0n) is 10.5. The van der Waals surface area contributed by atoms with E-state index in [1.807, 2.05) is 40.7 Å². The first-order chi connectivity index (χ1) is 6.61. The predicted molar refractivity (Wildman–Crippen MR) is 68.1 cm³/mol. The van der Waals surface area contributed by atoms with E-state index in [4.69, 9.17) is 0 Å². The third kappa shape index (κ3) is 7.78. The topological polar surface area (TPSA) is 12.4 Å². The van der Waals surface area contributed by atoms with E-state index >= 15 is 0 Å². The molecule has 2 atom stereocenters. The molecule has 0 N–H and O–H groups in total. The molecule has 82 valence electrons. The Morgan fingerprint density at radius 3 is 2.07 bits per heavy atom. The van der Waals surface area contributed by atoms with Gasteiger partial charge in [0.25, 0.3) is 0 Å². The minimum Gasteiger partial charge on any atom is -0.287 e. The lowest BCUT2D eigenvalue weighted by Crippen LogP contribution is -2.11. The third-order valence-corrected chi connectivity index (χ3v) is 1.68. The van der Waals surface area contributed by atoms with Crippen LogP contribution in [0.3, 0.4) is 0 Å². The number of hydrogen-bond donors (Lipinski definition) is 0. The molecule has 0 bridgehead atoms. The highest BCUT2D eigenvalue weighted by atomic mass is 14.8. The highest BCUT2D eigenvalue weighted by Gasteiger charge is 2.07. The molecule has 0 rings (SSSR count). The molecule has 0 aliphatic rings. The second-order valence-electron chi connectivity index (χ2n) is 3.19. The summed E-state index contributed by atoms with van der Waals surface area (Å²) in [5.41, 5.74) is 1.11. The van der Waals surface area contributed by atoms with Gasteiger partial charge in [-0.3, -0.25) is 4.99 Å². The molecule has 0 radical (unpaired) electrons. The maximum atomic E-state index is 4.46. The first-order valence-corrected chi connectivity index (χ1v) is 5.38. The zero-order chi connectivity index (χ0) is 11.6. The lowest BCUT2D eigenvalue weighted by Gasteiger charge is -2.13. The van der Waals surface area contributed by atoms with Gasteiger partial charge >= 0.3 is 0 Å². The number of allylic oxidation sites excluding steroid dienone is 1. The van der Waals surface area contributed by atoms with Gasteiger partial charge in [0.15, 0.2) is 0 Å². The van der Waals surface area contributed by atoms with Gasteiger partial charge in [-0.25, -0.2) is 0 Å². The van der Waals surface area contributed by atoms with E-state index in [-0.39, 0.29) is 6.04 Å². The van der Waals surface area contributed by atoms with Crippen molar-refractivity contribution in [3.05, 3.63) is 24.8 Å². The Morgan fingerprint density at radius 2 is 1.79 bits per heavy atom. The second-order valence-corrected chi connectivity index (χ2v) is 3.19. The van der Waals surface area contributed by atoms with Crippen LogP contribution in [0.25, 0.3) is 0 Å². The van der Waals surface area contributed by atoms with Gasteiger partial charge < -0.3 is 0 Å². The van der Waals surface area contributed by atoms with Gasteiger partial charge in [0, 0.05) is 5.71 Å². The van der Waals surface area contributed by atoms with Gasteiger partial charge in [0.2, 0.25) is 0 Å². The fourth-order valence-corrected chi connectivity index (χ4v) is 1.10. The molecule has 14 heavy (non-hydrogen) atoms. The summed E-state index contributed by atoms with van der Waals surface area (Å²) in [6.45, 7) is 16.0. The number of rotatable bonds is 4.